The topological polar surface area (TPSA) is 38.0 Å². The lowest BCUT2D eigenvalue weighted by Crippen LogP contribution is -1.98. The lowest BCUT2D eigenvalue weighted by molar-refractivity contribution is 0.629. The smallest absolute Gasteiger partial charge is 0.143 e. The van der Waals surface area contributed by atoms with Gasteiger partial charge in [-0.25, -0.2) is 4.39 Å². The molecule has 0 saturated carbocycles. The Labute approximate surface area is 127 Å². The third-order valence-electron chi connectivity index (χ3n) is 2.29. The van der Waals surface area contributed by atoms with E-state index in [4.69, 9.17) is 28.9 Å². The minimum absolute atomic E-state index is 0.00772. The Balaban J connectivity index is 2.37. The normalized spacial score (nSPS) is 10.4. The summed E-state index contributed by atoms with van der Waals surface area (Å²) in [6.45, 7) is 0. The summed E-state index contributed by atoms with van der Waals surface area (Å²) in [4.78, 5) is 0. The highest BCUT2D eigenvalue weighted by atomic mass is 127. The molecule has 0 fully saturated rings. The molecule has 0 aliphatic carbocycles. The summed E-state index contributed by atoms with van der Waals surface area (Å²) in [5.74, 6) is -0.548. The first-order valence-electron chi connectivity index (χ1n) is 4.94. The van der Waals surface area contributed by atoms with Gasteiger partial charge in [-0.05, 0) is 46.9 Å². The summed E-state index contributed by atoms with van der Waals surface area (Å²) in [7, 11) is 0. The molecule has 94 valence electrons. The number of rotatable bonds is 2. The quantitative estimate of drug-likeness (QED) is 0.549. The number of nitrogens with one attached hydrogen (secondary N) is 1. The van der Waals surface area contributed by atoms with Crippen molar-refractivity contribution in [1.29, 1.82) is 0 Å². The van der Waals surface area contributed by atoms with Crippen LogP contribution in [0.5, 0.6) is 0 Å². The molecule has 0 bridgehead atoms. The van der Waals surface area contributed by atoms with Gasteiger partial charge in [0, 0.05) is 9.64 Å². The van der Waals surface area contributed by atoms with Gasteiger partial charge in [-0.2, -0.15) is 0 Å². The van der Waals surface area contributed by atoms with E-state index in [0.717, 1.165) is 3.57 Å². The van der Waals surface area contributed by atoms with Crippen LogP contribution in [-0.4, -0.2) is 0 Å². The molecular weight excluding hydrogens is 389 g/mol. The van der Waals surface area contributed by atoms with Gasteiger partial charge in [0.15, 0.2) is 0 Å². The Hall–Kier alpha value is -0.720. The molecule has 0 aliphatic heterocycles. The molecule has 0 spiro atoms. The fourth-order valence-electron chi connectivity index (χ4n) is 1.41. The van der Waals surface area contributed by atoms with E-state index in [1.807, 2.05) is 18.2 Å². The van der Waals surface area contributed by atoms with Gasteiger partial charge in [0.1, 0.15) is 5.82 Å². The van der Waals surface area contributed by atoms with Crippen LogP contribution in [0.15, 0.2) is 30.3 Å². The number of hydrogen-bond donors (Lipinski definition) is 2. The van der Waals surface area contributed by atoms with Gasteiger partial charge in [0.25, 0.3) is 0 Å². The number of nitrogens with two attached hydrogens (primary N) is 1. The molecule has 0 unspecified atom stereocenters. The van der Waals surface area contributed by atoms with E-state index >= 15 is 0 Å². The molecule has 0 aromatic heterocycles. The van der Waals surface area contributed by atoms with Crippen LogP contribution in [0.1, 0.15) is 0 Å². The minimum atomic E-state index is -0.548. The maximum absolute atomic E-state index is 13.2. The largest absolute Gasteiger partial charge is 0.397 e. The Kier molecular flexibility index (Phi) is 4.19. The lowest BCUT2D eigenvalue weighted by Gasteiger charge is -2.12. The zero-order valence-electron chi connectivity index (χ0n) is 8.98. The van der Waals surface area contributed by atoms with E-state index in [0.29, 0.717) is 16.4 Å². The molecule has 2 aromatic carbocycles. The highest BCUT2D eigenvalue weighted by Gasteiger charge is 2.08. The van der Waals surface area contributed by atoms with Crippen molar-refractivity contribution in [3.63, 3.8) is 0 Å². The first kappa shape index (κ1) is 13.7. The van der Waals surface area contributed by atoms with Crippen molar-refractivity contribution in [3.8, 4) is 0 Å². The highest BCUT2D eigenvalue weighted by molar-refractivity contribution is 14.1. The predicted octanol–water partition coefficient (Wildman–Crippen LogP) is 5.06. The number of benzene rings is 2. The molecule has 0 atom stereocenters. The molecule has 3 N–H and O–H groups in total. The fourth-order valence-corrected chi connectivity index (χ4v) is 2.47. The summed E-state index contributed by atoms with van der Waals surface area (Å²) in [6, 6.07) is 8.13. The minimum Gasteiger partial charge on any atom is -0.397 e. The third-order valence-corrected chi connectivity index (χ3v) is 3.57. The van der Waals surface area contributed by atoms with Crippen LogP contribution in [0.4, 0.5) is 21.5 Å². The summed E-state index contributed by atoms with van der Waals surface area (Å²) in [5.41, 5.74) is 7.19. The molecule has 2 nitrogen and oxygen atoms in total. The van der Waals surface area contributed by atoms with Gasteiger partial charge in [-0.15, -0.1) is 0 Å². The summed E-state index contributed by atoms with van der Waals surface area (Å²) >= 11 is 14.0. The maximum atomic E-state index is 13.2. The average molecular weight is 397 g/mol. The van der Waals surface area contributed by atoms with E-state index < -0.39 is 5.82 Å². The Morgan fingerprint density at radius 3 is 2.44 bits per heavy atom. The second-order valence-electron chi connectivity index (χ2n) is 3.60. The summed E-state index contributed by atoms with van der Waals surface area (Å²) in [5, 5.41) is 3.59. The van der Waals surface area contributed by atoms with Crippen molar-refractivity contribution in [2.45, 2.75) is 0 Å². The number of anilines is 3. The molecule has 0 amide bonds. The molecule has 0 aliphatic rings. The lowest BCUT2D eigenvalue weighted by atomic mass is 10.2. The van der Waals surface area contributed by atoms with Crippen molar-refractivity contribution in [2.75, 3.05) is 11.1 Å². The fraction of sp³-hybridized carbons (Fsp3) is 0. The van der Waals surface area contributed by atoms with Crippen LogP contribution < -0.4 is 11.1 Å². The van der Waals surface area contributed by atoms with Crippen molar-refractivity contribution in [3.05, 3.63) is 49.8 Å². The van der Waals surface area contributed by atoms with Crippen molar-refractivity contribution >= 4 is 62.9 Å². The second-order valence-corrected chi connectivity index (χ2v) is 5.66. The second kappa shape index (κ2) is 5.50. The molecular formula is C12H8Cl2FIN2. The van der Waals surface area contributed by atoms with Crippen LogP contribution in [0.3, 0.4) is 0 Å². The van der Waals surface area contributed by atoms with Crippen LogP contribution in [-0.2, 0) is 0 Å². The standard InChI is InChI=1S/C12H8Cl2FIN2/c13-7-4-12(10(17)5-9(7)15)18-11-2-1-6(16)3-8(11)14/h1-5,18H,17H2. The van der Waals surface area contributed by atoms with E-state index in [-0.39, 0.29) is 10.7 Å². The molecule has 2 rings (SSSR count). The van der Waals surface area contributed by atoms with Crippen LogP contribution in [0.25, 0.3) is 0 Å². The number of hydrogen-bond acceptors (Lipinski definition) is 2. The van der Waals surface area contributed by atoms with Crippen molar-refractivity contribution < 1.29 is 4.39 Å². The van der Waals surface area contributed by atoms with Gasteiger partial charge in [0.2, 0.25) is 0 Å². The molecule has 6 heteroatoms. The van der Waals surface area contributed by atoms with E-state index in [9.17, 15) is 4.39 Å². The van der Waals surface area contributed by atoms with Crippen molar-refractivity contribution in [1.82, 2.24) is 0 Å². The third kappa shape index (κ3) is 2.99. The van der Waals surface area contributed by atoms with Gasteiger partial charge in [-0.3, -0.25) is 0 Å². The van der Waals surface area contributed by atoms with Gasteiger partial charge in [0.05, 0.1) is 27.1 Å². The number of nitrogen functional groups attached to an aromatic ring is 1. The van der Waals surface area contributed by atoms with Gasteiger partial charge in [-0.1, -0.05) is 23.2 Å². The van der Waals surface area contributed by atoms with E-state index in [1.54, 1.807) is 0 Å². The Bertz CT molecular complexity index is 605. The zero-order chi connectivity index (χ0) is 13.3. The molecule has 0 heterocycles. The molecule has 2 aromatic rings. The zero-order valence-corrected chi connectivity index (χ0v) is 12.6. The highest BCUT2D eigenvalue weighted by Crippen LogP contribution is 2.32. The Morgan fingerprint density at radius 1 is 1.06 bits per heavy atom. The van der Waals surface area contributed by atoms with Crippen LogP contribution >= 0.6 is 45.8 Å². The predicted molar refractivity (Wildman–Crippen MR) is 83.3 cm³/mol. The summed E-state index contributed by atoms with van der Waals surface area (Å²) < 4.78 is 14.2. The monoisotopic (exact) mass is 396 g/mol. The molecule has 0 radical (unpaired) electrons. The molecule has 0 saturated heterocycles. The SMILES string of the molecule is Nc1cc(F)c(Cl)cc1Nc1ccc(I)cc1Cl. The van der Waals surface area contributed by atoms with Gasteiger partial charge < -0.3 is 11.1 Å². The van der Waals surface area contributed by atoms with Crippen molar-refractivity contribution in [2.24, 2.45) is 0 Å². The van der Waals surface area contributed by atoms with E-state index in [1.165, 1.54) is 12.1 Å². The Morgan fingerprint density at radius 2 is 1.78 bits per heavy atom. The van der Waals surface area contributed by atoms with Crippen LogP contribution in [0, 0.1) is 9.39 Å². The molecule has 18 heavy (non-hydrogen) atoms. The van der Waals surface area contributed by atoms with E-state index in [2.05, 4.69) is 27.9 Å². The van der Waals surface area contributed by atoms with Crippen LogP contribution in [0.2, 0.25) is 10.0 Å². The number of halogens is 4. The van der Waals surface area contributed by atoms with Gasteiger partial charge >= 0.3 is 0 Å². The maximum Gasteiger partial charge on any atom is 0.143 e. The first-order chi connectivity index (χ1) is 8.47. The first-order valence-corrected chi connectivity index (χ1v) is 6.77. The summed E-state index contributed by atoms with van der Waals surface area (Å²) in [6.07, 6.45) is 0. The average Bonchev–Trinajstić information content (AvgIpc) is 2.29.